The molecule has 0 aliphatic carbocycles. The van der Waals surface area contributed by atoms with E-state index in [0.29, 0.717) is 0 Å². The van der Waals surface area contributed by atoms with Gasteiger partial charge in [-0.25, -0.2) is 0 Å². The smallest absolute Gasteiger partial charge is 0.0635 e. The van der Waals surface area contributed by atoms with E-state index in [1.807, 2.05) is 6.20 Å². The zero-order valence-corrected chi connectivity index (χ0v) is 10.8. The van der Waals surface area contributed by atoms with E-state index in [9.17, 15) is 0 Å². The molecule has 0 radical (unpaired) electrons. The molecule has 0 aromatic carbocycles. The number of nitrogens with zero attached hydrogens (tertiary/aromatic N) is 2. The Hall–Kier alpha value is -0.350. The molecule has 1 aromatic heterocycles. The Balaban J connectivity index is 2.04. The number of aromatic nitrogens is 2. The molecule has 0 unspecified atom stereocenters. The van der Waals surface area contributed by atoms with Gasteiger partial charge in [0.25, 0.3) is 0 Å². The molecule has 1 aliphatic rings. The van der Waals surface area contributed by atoms with Crippen molar-refractivity contribution in [3.05, 3.63) is 16.4 Å². The van der Waals surface area contributed by atoms with Gasteiger partial charge in [-0.2, -0.15) is 5.10 Å². The zero-order chi connectivity index (χ0) is 10.7. The van der Waals surface area contributed by atoms with Crippen molar-refractivity contribution in [2.45, 2.75) is 32.7 Å². The summed E-state index contributed by atoms with van der Waals surface area (Å²) in [6.45, 7) is 5.45. The van der Waals surface area contributed by atoms with Gasteiger partial charge in [0.15, 0.2) is 0 Å². The molecule has 3 nitrogen and oxygen atoms in total. The van der Waals surface area contributed by atoms with Crippen molar-refractivity contribution in [3.63, 3.8) is 0 Å². The topological polar surface area (TPSA) is 29.9 Å². The highest BCUT2D eigenvalue weighted by Crippen LogP contribution is 2.23. The van der Waals surface area contributed by atoms with Crippen LogP contribution in [0.3, 0.4) is 0 Å². The van der Waals surface area contributed by atoms with Gasteiger partial charge in [0.2, 0.25) is 0 Å². The predicted molar refractivity (Wildman–Crippen MR) is 64.9 cm³/mol. The lowest BCUT2D eigenvalue weighted by Crippen LogP contribution is -2.29. The zero-order valence-electron chi connectivity index (χ0n) is 9.17. The third-order valence-electron chi connectivity index (χ3n) is 3.14. The monoisotopic (exact) mass is 271 g/mol. The van der Waals surface area contributed by atoms with E-state index in [-0.39, 0.29) is 0 Å². The molecule has 1 N–H and O–H groups in total. The maximum atomic E-state index is 4.35. The molecule has 1 saturated heterocycles. The molecule has 84 valence electrons. The van der Waals surface area contributed by atoms with Crippen molar-refractivity contribution in [1.29, 1.82) is 0 Å². The average molecular weight is 272 g/mol. The van der Waals surface area contributed by atoms with Crippen LogP contribution in [0.15, 0.2) is 10.7 Å². The van der Waals surface area contributed by atoms with Gasteiger partial charge in [-0.15, -0.1) is 0 Å². The normalized spacial score (nSPS) is 18.3. The van der Waals surface area contributed by atoms with Crippen LogP contribution in [0.1, 0.15) is 25.5 Å². The molecular formula is C11H18BrN3. The van der Waals surface area contributed by atoms with Crippen molar-refractivity contribution in [2.75, 3.05) is 13.1 Å². The summed E-state index contributed by atoms with van der Waals surface area (Å²) in [7, 11) is 0. The van der Waals surface area contributed by atoms with E-state index in [0.717, 1.165) is 18.9 Å². The van der Waals surface area contributed by atoms with Gasteiger partial charge < -0.3 is 5.32 Å². The van der Waals surface area contributed by atoms with Crippen molar-refractivity contribution < 1.29 is 0 Å². The molecule has 4 heteroatoms. The second-order valence-corrected chi connectivity index (χ2v) is 5.01. The first-order valence-electron chi connectivity index (χ1n) is 5.72. The lowest BCUT2D eigenvalue weighted by atomic mass is 9.93. The van der Waals surface area contributed by atoms with Gasteiger partial charge in [-0.3, -0.25) is 4.68 Å². The van der Waals surface area contributed by atoms with Crippen molar-refractivity contribution in [2.24, 2.45) is 5.92 Å². The summed E-state index contributed by atoms with van der Waals surface area (Å²) in [6, 6.07) is 0. The van der Waals surface area contributed by atoms with Crippen LogP contribution in [0, 0.1) is 5.92 Å². The Morgan fingerprint density at radius 2 is 2.27 bits per heavy atom. The molecule has 2 heterocycles. The van der Waals surface area contributed by atoms with Crippen LogP contribution in [-0.4, -0.2) is 22.9 Å². The van der Waals surface area contributed by atoms with Gasteiger partial charge in [0, 0.05) is 6.54 Å². The first-order valence-corrected chi connectivity index (χ1v) is 6.51. The minimum absolute atomic E-state index is 0.824. The van der Waals surface area contributed by atoms with Crippen molar-refractivity contribution in [1.82, 2.24) is 15.1 Å². The van der Waals surface area contributed by atoms with Crippen molar-refractivity contribution in [3.8, 4) is 0 Å². The number of aryl methyl sites for hydroxylation is 1. The lowest BCUT2D eigenvalue weighted by molar-refractivity contribution is 0.364. The van der Waals surface area contributed by atoms with E-state index in [1.165, 1.54) is 36.1 Å². The summed E-state index contributed by atoms with van der Waals surface area (Å²) >= 11 is 3.59. The molecule has 0 amide bonds. The Morgan fingerprint density at radius 3 is 2.93 bits per heavy atom. The van der Waals surface area contributed by atoms with Crippen LogP contribution in [0.4, 0.5) is 0 Å². The van der Waals surface area contributed by atoms with Crippen LogP contribution in [0.5, 0.6) is 0 Å². The third-order valence-corrected chi connectivity index (χ3v) is 3.80. The van der Waals surface area contributed by atoms with Crippen LogP contribution in [0.25, 0.3) is 0 Å². The number of piperidine rings is 1. The highest BCUT2D eigenvalue weighted by Gasteiger charge is 2.17. The highest BCUT2D eigenvalue weighted by atomic mass is 79.9. The SMILES string of the molecule is CCn1ncc(Br)c1CC1CCNCC1. The minimum atomic E-state index is 0.824. The second kappa shape index (κ2) is 5.12. The largest absolute Gasteiger partial charge is 0.317 e. The average Bonchev–Trinajstić information content (AvgIpc) is 2.62. The summed E-state index contributed by atoms with van der Waals surface area (Å²) in [4.78, 5) is 0. The van der Waals surface area contributed by atoms with Crippen LogP contribution in [-0.2, 0) is 13.0 Å². The third kappa shape index (κ3) is 2.61. The number of nitrogens with one attached hydrogen (secondary N) is 1. The van der Waals surface area contributed by atoms with Gasteiger partial charge >= 0.3 is 0 Å². The van der Waals surface area contributed by atoms with Gasteiger partial charge in [0.05, 0.1) is 16.4 Å². The Bertz CT molecular complexity index is 316. The molecule has 15 heavy (non-hydrogen) atoms. The minimum Gasteiger partial charge on any atom is -0.317 e. The fourth-order valence-corrected chi connectivity index (χ4v) is 2.68. The van der Waals surface area contributed by atoms with E-state index < -0.39 is 0 Å². The van der Waals surface area contributed by atoms with Crippen LogP contribution >= 0.6 is 15.9 Å². The molecule has 1 aromatic rings. The number of rotatable bonds is 3. The maximum Gasteiger partial charge on any atom is 0.0635 e. The van der Waals surface area contributed by atoms with Crippen molar-refractivity contribution >= 4 is 15.9 Å². The summed E-state index contributed by atoms with van der Waals surface area (Å²) < 4.78 is 3.27. The van der Waals surface area contributed by atoms with E-state index in [2.05, 4.69) is 38.0 Å². The first kappa shape index (κ1) is 11.1. The van der Waals surface area contributed by atoms with Crippen LogP contribution < -0.4 is 5.32 Å². The summed E-state index contributed by atoms with van der Waals surface area (Å²) in [5.41, 5.74) is 1.37. The highest BCUT2D eigenvalue weighted by molar-refractivity contribution is 9.10. The molecule has 0 bridgehead atoms. The fraction of sp³-hybridized carbons (Fsp3) is 0.727. The van der Waals surface area contributed by atoms with Gasteiger partial charge in [0.1, 0.15) is 0 Å². The molecule has 2 rings (SSSR count). The summed E-state index contributed by atoms with van der Waals surface area (Å²) in [6.07, 6.45) is 5.67. The first-order chi connectivity index (χ1) is 7.31. The second-order valence-electron chi connectivity index (χ2n) is 4.15. The van der Waals surface area contributed by atoms with E-state index in [1.54, 1.807) is 0 Å². The van der Waals surface area contributed by atoms with E-state index >= 15 is 0 Å². The molecular weight excluding hydrogens is 254 g/mol. The van der Waals surface area contributed by atoms with E-state index in [4.69, 9.17) is 0 Å². The summed E-state index contributed by atoms with van der Waals surface area (Å²) in [5.74, 6) is 0.824. The molecule has 0 spiro atoms. The quantitative estimate of drug-likeness (QED) is 0.914. The Kier molecular flexibility index (Phi) is 3.81. The number of hydrogen-bond acceptors (Lipinski definition) is 2. The van der Waals surface area contributed by atoms with Gasteiger partial charge in [-0.1, -0.05) is 0 Å². The molecule has 1 aliphatic heterocycles. The predicted octanol–water partition coefficient (Wildman–Crippen LogP) is 2.21. The maximum absolute atomic E-state index is 4.35. The van der Waals surface area contributed by atoms with Crippen LogP contribution in [0.2, 0.25) is 0 Å². The molecule has 0 saturated carbocycles. The molecule has 0 atom stereocenters. The number of halogens is 1. The fourth-order valence-electron chi connectivity index (χ4n) is 2.22. The number of hydrogen-bond donors (Lipinski definition) is 1. The lowest BCUT2D eigenvalue weighted by Gasteiger charge is -2.22. The standard InChI is InChI=1S/C11H18BrN3/c1-2-15-11(10(12)8-14-15)7-9-3-5-13-6-4-9/h8-9,13H,2-7H2,1H3. The van der Waals surface area contributed by atoms with Gasteiger partial charge in [-0.05, 0) is 61.1 Å². The Morgan fingerprint density at radius 1 is 1.53 bits per heavy atom. The molecule has 1 fully saturated rings. The Labute approximate surface area is 99.4 Å². The summed E-state index contributed by atoms with van der Waals surface area (Å²) in [5, 5.41) is 7.76.